The molecule has 4 heteroatoms. The molecule has 4 unspecified atom stereocenters. The molecule has 3 fully saturated rings. The van der Waals surface area contributed by atoms with Gasteiger partial charge in [0.25, 0.3) is 0 Å². The highest BCUT2D eigenvalue weighted by molar-refractivity contribution is 5.86. The van der Waals surface area contributed by atoms with Gasteiger partial charge in [-0.05, 0) is 42.9 Å². The van der Waals surface area contributed by atoms with Crippen LogP contribution >= 0.6 is 0 Å². The molecule has 0 N–H and O–H groups in total. The van der Waals surface area contributed by atoms with E-state index < -0.39 is 0 Å². The molecule has 1 heterocycles. The van der Waals surface area contributed by atoms with Crippen LogP contribution < -0.4 is 0 Å². The third kappa shape index (κ3) is 1.33. The Balaban J connectivity index is 1.46. The monoisotopic (exact) mass is 231 g/mol. The first-order valence-corrected chi connectivity index (χ1v) is 6.62. The van der Waals surface area contributed by atoms with E-state index in [1.807, 2.05) is 13.2 Å². The Bertz CT molecular complexity index is 465. The molecule has 4 rings (SSSR count). The van der Waals surface area contributed by atoms with Gasteiger partial charge in [-0.15, -0.1) is 5.10 Å². The van der Waals surface area contributed by atoms with Crippen molar-refractivity contribution in [2.24, 2.45) is 36.6 Å². The van der Waals surface area contributed by atoms with E-state index in [4.69, 9.17) is 0 Å². The molecular formula is C13H17N3O. The zero-order chi connectivity index (χ0) is 11.6. The number of nitrogens with zero attached hydrogens (tertiary/aromatic N) is 3. The molecule has 2 bridgehead atoms. The van der Waals surface area contributed by atoms with Crippen LogP contribution in [0.2, 0.25) is 0 Å². The van der Waals surface area contributed by atoms with Gasteiger partial charge in [-0.2, -0.15) is 0 Å². The van der Waals surface area contributed by atoms with Crippen LogP contribution in [0.5, 0.6) is 0 Å². The Morgan fingerprint density at radius 1 is 1.41 bits per heavy atom. The van der Waals surface area contributed by atoms with E-state index in [-0.39, 0.29) is 0 Å². The fraction of sp³-hybridized carbons (Fsp3) is 0.769. The number of hydrogen-bond acceptors (Lipinski definition) is 3. The summed E-state index contributed by atoms with van der Waals surface area (Å²) in [5, 5.41) is 7.88. The van der Waals surface area contributed by atoms with Crippen LogP contribution in [0, 0.1) is 29.6 Å². The minimum absolute atomic E-state index is 0.378. The summed E-state index contributed by atoms with van der Waals surface area (Å²) in [6, 6.07) is 0. The SMILES string of the molecule is Cn1cc(CC(=O)C2C3C4CCC(C4)C23)nn1. The third-order valence-corrected chi connectivity index (χ3v) is 5.11. The summed E-state index contributed by atoms with van der Waals surface area (Å²) < 4.78 is 1.67. The van der Waals surface area contributed by atoms with E-state index in [9.17, 15) is 4.79 Å². The first-order valence-electron chi connectivity index (χ1n) is 6.62. The maximum absolute atomic E-state index is 12.2. The van der Waals surface area contributed by atoms with Gasteiger partial charge >= 0.3 is 0 Å². The highest BCUT2D eigenvalue weighted by Gasteiger charge is 2.66. The minimum Gasteiger partial charge on any atom is -0.299 e. The van der Waals surface area contributed by atoms with Crippen LogP contribution in [0.4, 0.5) is 0 Å². The molecule has 0 aromatic carbocycles. The van der Waals surface area contributed by atoms with Crippen molar-refractivity contribution in [2.45, 2.75) is 25.7 Å². The number of rotatable bonds is 3. The molecule has 3 aliphatic carbocycles. The molecule has 90 valence electrons. The van der Waals surface area contributed by atoms with Crippen molar-refractivity contribution in [3.63, 3.8) is 0 Å². The number of aromatic nitrogens is 3. The Morgan fingerprint density at radius 2 is 2.12 bits per heavy atom. The lowest BCUT2D eigenvalue weighted by Crippen LogP contribution is -2.12. The van der Waals surface area contributed by atoms with Crippen LogP contribution in [-0.4, -0.2) is 20.8 Å². The average molecular weight is 231 g/mol. The first-order chi connectivity index (χ1) is 8.24. The van der Waals surface area contributed by atoms with Crippen molar-refractivity contribution in [2.75, 3.05) is 0 Å². The molecule has 3 aliphatic rings. The van der Waals surface area contributed by atoms with Crippen molar-refractivity contribution >= 4 is 5.78 Å². The first kappa shape index (κ1) is 9.80. The Hall–Kier alpha value is -1.19. The van der Waals surface area contributed by atoms with Gasteiger partial charge in [-0.1, -0.05) is 5.21 Å². The maximum atomic E-state index is 12.2. The number of ketones is 1. The predicted octanol–water partition coefficient (Wildman–Crippen LogP) is 1.22. The van der Waals surface area contributed by atoms with Crippen molar-refractivity contribution in [1.82, 2.24) is 15.0 Å². The van der Waals surface area contributed by atoms with Crippen molar-refractivity contribution in [3.05, 3.63) is 11.9 Å². The fourth-order valence-electron chi connectivity index (χ4n) is 4.53. The summed E-state index contributed by atoms with van der Waals surface area (Å²) in [6.07, 6.45) is 6.50. The van der Waals surface area contributed by atoms with Gasteiger partial charge in [0.05, 0.1) is 12.1 Å². The summed E-state index contributed by atoms with van der Waals surface area (Å²) in [6.45, 7) is 0. The van der Waals surface area contributed by atoms with E-state index in [2.05, 4.69) is 10.3 Å². The molecule has 3 saturated carbocycles. The lowest BCUT2D eigenvalue weighted by molar-refractivity contribution is -0.120. The van der Waals surface area contributed by atoms with E-state index in [1.165, 1.54) is 19.3 Å². The van der Waals surface area contributed by atoms with Gasteiger partial charge < -0.3 is 0 Å². The van der Waals surface area contributed by atoms with E-state index in [1.54, 1.807) is 4.68 Å². The normalized spacial score (nSPS) is 41.6. The second kappa shape index (κ2) is 3.18. The fourth-order valence-corrected chi connectivity index (χ4v) is 4.53. The second-order valence-electron chi connectivity index (χ2n) is 6.04. The van der Waals surface area contributed by atoms with Crippen LogP contribution in [-0.2, 0) is 18.3 Å². The van der Waals surface area contributed by atoms with E-state index >= 15 is 0 Å². The molecule has 0 spiro atoms. The van der Waals surface area contributed by atoms with Gasteiger partial charge in [0, 0.05) is 19.2 Å². The summed E-state index contributed by atoms with van der Waals surface area (Å²) in [4.78, 5) is 12.2. The van der Waals surface area contributed by atoms with Crippen LogP contribution in [0.1, 0.15) is 25.0 Å². The van der Waals surface area contributed by atoms with Crippen molar-refractivity contribution in [1.29, 1.82) is 0 Å². The molecule has 17 heavy (non-hydrogen) atoms. The standard InChI is InChI=1S/C13H17N3O/c1-16-6-9(14-15-16)5-10(17)13-11-7-2-3-8(4-7)12(11)13/h6-8,11-13H,2-5H2,1H3. The lowest BCUT2D eigenvalue weighted by Gasteiger charge is -2.06. The number of hydrogen-bond donors (Lipinski definition) is 0. The maximum Gasteiger partial charge on any atom is 0.142 e. The van der Waals surface area contributed by atoms with Gasteiger partial charge in [0.15, 0.2) is 0 Å². The number of carbonyl (C=O) groups excluding carboxylic acids is 1. The smallest absolute Gasteiger partial charge is 0.142 e. The molecule has 1 aromatic rings. The van der Waals surface area contributed by atoms with Gasteiger partial charge in [-0.25, -0.2) is 0 Å². The molecule has 0 radical (unpaired) electrons. The van der Waals surface area contributed by atoms with Crippen LogP contribution in [0.3, 0.4) is 0 Å². The van der Waals surface area contributed by atoms with E-state index in [0.717, 1.165) is 29.4 Å². The van der Waals surface area contributed by atoms with Crippen LogP contribution in [0.15, 0.2) is 6.20 Å². The number of fused-ring (bicyclic) bond motifs is 5. The highest BCUT2D eigenvalue weighted by atomic mass is 16.1. The summed E-state index contributed by atoms with van der Waals surface area (Å²) in [5.41, 5.74) is 0.829. The number of aryl methyl sites for hydroxylation is 1. The van der Waals surface area contributed by atoms with Crippen molar-refractivity contribution < 1.29 is 4.79 Å². The van der Waals surface area contributed by atoms with Gasteiger partial charge in [0.2, 0.25) is 0 Å². The zero-order valence-electron chi connectivity index (χ0n) is 10.0. The minimum atomic E-state index is 0.378. The van der Waals surface area contributed by atoms with Gasteiger partial charge in [-0.3, -0.25) is 9.48 Å². The molecule has 4 atom stereocenters. The summed E-state index contributed by atoms with van der Waals surface area (Å²) >= 11 is 0. The highest BCUT2D eigenvalue weighted by Crippen LogP contribution is 2.69. The molecule has 1 aromatic heterocycles. The Morgan fingerprint density at radius 3 is 2.71 bits per heavy atom. The summed E-state index contributed by atoms with van der Waals surface area (Å²) in [7, 11) is 1.84. The van der Waals surface area contributed by atoms with Crippen LogP contribution in [0.25, 0.3) is 0 Å². The largest absolute Gasteiger partial charge is 0.299 e. The Labute approximate surface area is 100 Å². The average Bonchev–Trinajstić information content (AvgIpc) is 2.65. The van der Waals surface area contributed by atoms with Gasteiger partial charge in [0.1, 0.15) is 5.78 Å². The quantitative estimate of drug-likeness (QED) is 0.785. The summed E-state index contributed by atoms with van der Waals surface area (Å²) in [5.74, 6) is 4.04. The number of carbonyl (C=O) groups is 1. The molecule has 0 aliphatic heterocycles. The lowest BCUT2D eigenvalue weighted by atomic mass is 9.98. The molecule has 0 amide bonds. The van der Waals surface area contributed by atoms with Crippen molar-refractivity contribution in [3.8, 4) is 0 Å². The molecule has 0 saturated heterocycles. The van der Waals surface area contributed by atoms with E-state index in [0.29, 0.717) is 18.1 Å². The predicted molar refractivity (Wildman–Crippen MR) is 61.0 cm³/mol. The second-order valence-corrected chi connectivity index (χ2v) is 6.04. The zero-order valence-corrected chi connectivity index (χ0v) is 10.0. The Kier molecular flexibility index (Phi) is 1.83. The third-order valence-electron chi connectivity index (χ3n) is 5.11. The number of Topliss-reactive ketones (excluding diaryl/α,β-unsaturated/α-hetero) is 1. The molecular weight excluding hydrogens is 214 g/mol. The molecule has 4 nitrogen and oxygen atoms in total. The topological polar surface area (TPSA) is 47.8 Å².